The Kier molecular flexibility index (Phi) is 4.84. The van der Waals surface area contributed by atoms with Crippen LogP contribution in [-0.2, 0) is 24.3 Å². The maximum absolute atomic E-state index is 11.9. The minimum Gasteiger partial charge on any atom is -0.324 e. The molecule has 0 aliphatic rings. The standard InChI is InChI=1S/C14H19N5O/c1-3-11-5-4-6-12(7-11)16-14(20)10-19-9-13(8-15-2)17-18-19/h4-7,9,15H,3,8,10H2,1-2H3,(H,16,20). The normalized spacial score (nSPS) is 10.5. The van der Waals surface area contributed by atoms with Gasteiger partial charge in [-0.25, -0.2) is 4.68 Å². The maximum atomic E-state index is 11.9. The summed E-state index contributed by atoms with van der Waals surface area (Å²) in [4.78, 5) is 11.9. The summed E-state index contributed by atoms with van der Waals surface area (Å²) >= 11 is 0. The van der Waals surface area contributed by atoms with E-state index in [2.05, 4.69) is 27.9 Å². The molecule has 6 heteroatoms. The Morgan fingerprint density at radius 1 is 1.40 bits per heavy atom. The number of aryl methyl sites for hydroxylation is 1. The lowest BCUT2D eigenvalue weighted by Crippen LogP contribution is -2.19. The molecule has 0 bridgehead atoms. The van der Waals surface area contributed by atoms with Crippen LogP contribution in [-0.4, -0.2) is 27.9 Å². The Bertz CT molecular complexity index is 578. The molecule has 0 aliphatic carbocycles. The summed E-state index contributed by atoms with van der Waals surface area (Å²) in [5.74, 6) is -0.112. The summed E-state index contributed by atoms with van der Waals surface area (Å²) < 4.78 is 1.53. The van der Waals surface area contributed by atoms with Crippen molar-refractivity contribution in [2.45, 2.75) is 26.4 Å². The Morgan fingerprint density at radius 2 is 2.25 bits per heavy atom. The molecule has 2 N–H and O–H groups in total. The van der Waals surface area contributed by atoms with E-state index in [9.17, 15) is 4.79 Å². The number of anilines is 1. The van der Waals surface area contributed by atoms with Crippen molar-refractivity contribution in [1.29, 1.82) is 0 Å². The molecular formula is C14H19N5O. The number of amides is 1. The number of carbonyl (C=O) groups excluding carboxylic acids is 1. The summed E-state index contributed by atoms with van der Waals surface area (Å²) in [6, 6.07) is 7.84. The number of aromatic nitrogens is 3. The first-order chi connectivity index (χ1) is 9.71. The second kappa shape index (κ2) is 6.81. The van der Waals surface area contributed by atoms with Crippen LogP contribution < -0.4 is 10.6 Å². The number of hydrogen-bond donors (Lipinski definition) is 2. The third-order valence-corrected chi connectivity index (χ3v) is 2.87. The third-order valence-electron chi connectivity index (χ3n) is 2.87. The highest BCUT2D eigenvalue weighted by Crippen LogP contribution is 2.11. The first kappa shape index (κ1) is 14.2. The first-order valence-corrected chi connectivity index (χ1v) is 6.63. The number of carbonyl (C=O) groups is 1. The number of hydrogen-bond acceptors (Lipinski definition) is 4. The Labute approximate surface area is 118 Å². The van der Waals surface area contributed by atoms with Crippen molar-refractivity contribution in [1.82, 2.24) is 20.3 Å². The van der Waals surface area contributed by atoms with Gasteiger partial charge in [0.1, 0.15) is 6.54 Å². The van der Waals surface area contributed by atoms with Crippen molar-refractivity contribution in [3.05, 3.63) is 41.7 Å². The second-order valence-electron chi connectivity index (χ2n) is 4.54. The molecule has 1 amide bonds. The van der Waals surface area contributed by atoms with E-state index in [4.69, 9.17) is 0 Å². The highest BCUT2D eigenvalue weighted by molar-refractivity contribution is 5.90. The van der Waals surface area contributed by atoms with E-state index in [1.165, 1.54) is 10.2 Å². The lowest BCUT2D eigenvalue weighted by molar-refractivity contribution is -0.116. The zero-order valence-corrected chi connectivity index (χ0v) is 11.8. The van der Waals surface area contributed by atoms with E-state index in [1.54, 1.807) is 6.20 Å². The molecule has 106 valence electrons. The van der Waals surface area contributed by atoms with Crippen LogP contribution in [0, 0.1) is 0 Å². The van der Waals surface area contributed by atoms with Gasteiger partial charge in [-0.05, 0) is 31.2 Å². The molecule has 0 saturated carbocycles. The topological polar surface area (TPSA) is 71.8 Å². The van der Waals surface area contributed by atoms with E-state index in [0.717, 1.165) is 17.8 Å². The molecule has 0 saturated heterocycles. The minimum absolute atomic E-state index is 0.112. The molecule has 0 unspecified atom stereocenters. The fourth-order valence-corrected chi connectivity index (χ4v) is 1.89. The molecule has 2 aromatic rings. The van der Waals surface area contributed by atoms with Gasteiger partial charge >= 0.3 is 0 Å². The monoisotopic (exact) mass is 273 g/mol. The second-order valence-corrected chi connectivity index (χ2v) is 4.54. The fourth-order valence-electron chi connectivity index (χ4n) is 1.89. The Hall–Kier alpha value is -2.21. The molecule has 0 aliphatic heterocycles. The van der Waals surface area contributed by atoms with E-state index >= 15 is 0 Å². The average molecular weight is 273 g/mol. The molecule has 0 spiro atoms. The third kappa shape index (κ3) is 3.89. The van der Waals surface area contributed by atoms with Gasteiger partial charge in [-0.15, -0.1) is 5.10 Å². The highest BCUT2D eigenvalue weighted by atomic mass is 16.2. The number of benzene rings is 1. The van der Waals surface area contributed by atoms with Gasteiger partial charge in [0, 0.05) is 12.2 Å². The van der Waals surface area contributed by atoms with E-state index in [0.29, 0.717) is 6.54 Å². The predicted molar refractivity (Wildman–Crippen MR) is 77.2 cm³/mol. The molecule has 2 rings (SSSR count). The lowest BCUT2D eigenvalue weighted by Gasteiger charge is -2.06. The molecule has 0 atom stereocenters. The van der Waals surface area contributed by atoms with Crippen LogP contribution in [0.15, 0.2) is 30.5 Å². The van der Waals surface area contributed by atoms with Gasteiger partial charge in [0.15, 0.2) is 0 Å². The van der Waals surface area contributed by atoms with Crippen molar-refractivity contribution < 1.29 is 4.79 Å². The molecule has 0 fully saturated rings. The van der Waals surface area contributed by atoms with Gasteiger partial charge in [0.05, 0.1) is 11.9 Å². The van der Waals surface area contributed by atoms with Gasteiger partial charge in [0.2, 0.25) is 5.91 Å². The SMILES string of the molecule is CCc1cccc(NC(=O)Cn2cc(CNC)nn2)c1. The predicted octanol–water partition coefficient (Wildman–Crippen LogP) is 1.20. The lowest BCUT2D eigenvalue weighted by atomic mass is 10.1. The van der Waals surface area contributed by atoms with Gasteiger partial charge in [0.25, 0.3) is 0 Å². The molecule has 1 heterocycles. The van der Waals surface area contributed by atoms with Gasteiger partial charge in [-0.3, -0.25) is 4.79 Å². The van der Waals surface area contributed by atoms with Crippen LogP contribution in [0.5, 0.6) is 0 Å². The van der Waals surface area contributed by atoms with Crippen LogP contribution in [0.1, 0.15) is 18.2 Å². The van der Waals surface area contributed by atoms with Gasteiger partial charge in [-0.2, -0.15) is 0 Å². The fraction of sp³-hybridized carbons (Fsp3) is 0.357. The van der Waals surface area contributed by atoms with Crippen LogP contribution in [0.2, 0.25) is 0 Å². The van der Waals surface area contributed by atoms with Crippen molar-refractivity contribution in [3.8, 4) is 0 Å². The van der Waals surface area contributed by atoms with Gasteiger partial charge in [-0.1, -0.05) is 24.3 Å². The summed E-state index contributed by atoms with van der Waals surface area (Å²) in [7, 11) is 1.84. The summed E-state index contributed by atoms with van der Waals surface area (Å²) in [6.45, 7) is 2.88. The number of rotatable bonds is 6. The highest BCUT2D eigenvalue weighted by Gasteiger charge is 2.06. The van der Waals surface area contributed by atoms with Crippen molar-refractivity contribution in [2.75, 3.05) is 12.4 Å². The molecule has 1 aromatic carbocycles. The van der Waals surface area contributed by atoms with Crippen LogP contribution >= 0.6 is 0 Å². The van der Waals surface area contributed by atoms with Crippen LogP contribution in [0.3, 0.4) is 0 Å². The zero-order valence-electron chi connectivity index (χ0n) is 11.8. The molecule has 0 radical (unpaired) electrons. The minimum atomic E-state index is -0.112. The largest absolute Gasteiger partial charge is 0.324 e. The summed E-state index contributed by atoms with van der Waals surface area (Å²) in [5.41, 5.74) is 2.82. The molecular weight excluding hydrogens is 254 g/mol. The number of nitrogens with one attached hydrogen (secondary N) is 2. The summed E-state index contributed by atoms with van der Waals surface area (Å²) in [6.07, 6.45) is 2.71. The summed E-state index contributed by atoms with van der Waals surface area (Å²) in [5, 5.41) is 13.7. The van der Waals surface area contributed by atoms with Crippen molar-refractivity contribution in [3.63, 3.8) is 0 Å². The van der Waals surface area contributed by atoms with Crippen LogP contribution in [0.4, 0.5) is 5.69 Å². The molecule has 1 aromatic heterocycles. The van der Waals surface area contributed by atoms with Crippen molar-refractivity contribution in [2.24, 2.45) is 0 Å². The quantitative estimate of drug-likeness (QED) is 0.829. The van der Waals surface area contributed by atoms with E-state index in [-0.39, 0.29) is 12.5 Å². The van der Waals surface area contributed by atoms with Crippen molar-refractivity contribution >= 4 is 11.6 Å². The molecule has 20 heavy (non-hydrogen) atoms. The average Bonchev–Trinajstić information content (AvgIpc) is 2.86. The molecule has 6 nitrogen and oxygen atoms in total. The van der Waals surface area contributed by atoms with Crippen LogP contribution in [0.25, 0.3) is 0 Å². The Balaban J connectivity index is 1.94. The smallest absolute Gasteiger partial charge is 0.246 e. The van der Waals surface area contributed by atoms with Gasteiger partial charge < -0.3 is 10.6 Å². The van der Waals surface area contributed by atoms with E-state index < -0.39 is 0 Å². The van der Waals surface area contributed by atoms with E-state index in [1.807, 2.05) is 31.3 Å². The maximum Gasteiger partial charge on any atom is 0.246 e. The number of nitrogens with zero attached hydrogens (tertiary/aromatic N) is 3. The Morgan fingerprint density at radius 3 is 3.00 bits per heavy atom. The zero-order chi connectivity index (χ0) is 14.4. The first-order valence-electron chi connectivity index (χ1n) is 6.63.